The van der Waals surface area contributed by atoms with Gasteiger partial charge in [0.15, 0.2) is 5.82 Å². The Kier molecular flexibility index (Phi) is 7.14. The molecule has 0 radical (unpaired) electrons. The Hall–Kier alpha value is -3.85. The van der Waals surface area contributed by atoms with Crippen molar-refractivity contribution in [3.05, 3.63) is 87.0 Å². The molecule has 192 valence electrons. The number of carbonyl (C=O) groups is 1. The molecule has 0 amide bonds. The van der Waals surface area contributed by atoms with Crippen molar-refractivity contribution in [1.82, 2.24) is 30.1 Å². The molecule has 3 heterocycles. The van der Waals surface area contributed by atoms with Crippen LogP contribution in [0.15, 0.2) is 53.3 Å². The second-order valence-electron chi connectivity index (χ2n) is 9.75. The average molecular weight is 501 g/mol. The Balaban J connectivity index is 1.56. The number of benzene rings is 2. The molecule has 0 unspecified atom stereocenters. The minimum Gasteiger partial charge on any atom is -0.466 e. The minimum absolute atomic E-state index is 0.141. The number of hydrogen-bond donors (Lipinski definition) is 1. The summed E-state index contributed by atoms with van der Waals surface area (Å²) in [5.41, 5.74) is 4.49. The van der Waals surface area contributed by atoms with E-state index >= 15 is 0 Å². The minimum atomic E-state index is -0.462. The number of aromatic amines is 1. The Labute approximate surface area is 215 Å². The van der Waals surface area contributed by atoms with Gasteiger partial charge in [0.2, 0.25) is 0 Å². The smallest absolute Gasteiger partial charge is 0.309 e. The third kappa shape index (κ3) is 5.17. The number of likely N-dealkylation sites (tertiary alicyclic amines) is 1. The number of pyridine rings is 1. The van der Waals surface area contributed by atoms with E-state index in [0.29, 0.717) is 50.5 Å². The number of nitrogens with zero attached hydrogens (tertiary/aromatic N) is 5. The molecule has 1 N–H and O–H groups in total. The zero-order valence-electron chi connectivity index (χ0n) is 21.5. The van der Waals surface area contributed by atoms with E-state index in [1.807, 2.05) is 50.2 Å². The molecule has 1 saturated heterocycles. The van der Waals surface area contributed by atoms with E-state index in [0.717, 1.165) is 27.6 Å². The fraction of sp³-hybridized carbons (Fsp3) is 0.393. The van der Waals surface area contributed by atoms with E-state index in [9.17, 15) is 9.59 Å². The summed E-state index contributed by atoms with van der Waals surface area (Å²) in [5.74, 6) is 0.312. The van der Waals surface area contributed by atoms with Crippen LogP contribution in [0.4, 0.5) is 0 Å². The van der Waals surface area contributed by atoms with E-state index in [4.69, 9.17) is 4.74 Å². The van der Waals surface area contributed by atoms with E-state index < -0.39 is 6.04 Å². The van der Waals surface area contributed by atoms with Crippen molar-refractivity contribution >= 4 is 16.9 Å². The van der Waals surface area contributed by atoms with Gasteiger partial charge >= 0.3 is 5.97 Å². The lowest BCUT2D eigenvalue weighted by Crippen LogP contribution is -2.42. The number of piperidine rings is 1. The average Bonchev–Trinajstić information content (AvgIpc) is 3.33. The number of carbonyl (C=O) groups excluding carboxylic acids is 1. The summed E-state index contributed by atoms with van der Waals surface area (Å²) in [6.07, 6.45) is 1.30. The van der Waals surface area contributed by atoms with E-state index in [-0.39, 0.29) is 17.4 Å². The van der Waals surface area contributed by atoms with E-state index in [1.54, 1.807) is 4.68 Å². The second kappa shape index (κ2) is 10.6. The Morgan fingerprint density at radius 2 is 1.89 bits per heavy atom. The summed E-state index contributed by atoms with van der Waals surface area (Å²) in [6, 6.07) is 15.6. The molecule has 1 atom stereocenters. The van der Waals surface area contributed by atoms with Crippen molar-refractivity contribution in [2.75, 3.05) is 19.7 Å². The van der Waals surface area contributed by atoms with Crippen molar-refractivity contribution < 1.29 is 9.53 Å². The maximum Gasteiger partial charge on any atom is 0.309 e. The van der Waals surface area contributed by atoms with Gasteiger partial charge in [-0.15, -0.1) is 5.10 Å². The first-order valence-corrected chi connectivity index (χ1v) is 12.8. The molecule has 0 spiro atoms. The Bertz CT molecular complexity index is 1450. The monoisotopic (exact) mass is 500 g/mol. The van der Waals surface area contributed by atoms with Crippen LogP contribution in [0.2, 0.25) is 0 Å². The molecule has 37 heavy (non-hydrogen) atoms. The number of rotatable bonds is 7. The van der Waals surface area contributed by atoms with Gasteiger partial charge in [0, 0.05) is 18.7 Å². The first kappa shape index (κ1) is 24.8. The topological polar surface area (TPSA) is 106 Å². The van der Waals surface area contributed by atoms with Crippen LogP contribution >= 0.6 is 0 Å². The molecule has 4 aromatic rings. The second-order valence-corrected chi connectivity index (χ2v) is 9.75. The fourth-order valence-electron chi connectivity index (χ4n) is 5.34. The third-order valence-corrected chi connectivity index (χ3v) is 7.11. The molecule has 9 heteroatoms. The first-order chi connectivity index (χ1) is 17.9. The number of H-pyrrole nitrogens is 1. The van der Waals surface area contributed by atoms with Crippen LogP contribution < -0.4 is 5.56 Å². The molecule has 9 nitrogen and oxygen atoms in total. The molecule has 1 fully saturated rings. The lowest BCUT2D eigenvalue weighted by Gasteiger charge is -2.36. The zero-order chi connectivity index (χ0) is 25.9. The highest BCUT2D eigenvalue weighted by molar-refractivity contribution is 5.83. The van der Waals surface area contributed by atoms with Crippen molar-refractivity contribution in [1.29, 1.82) is 0 Å². The summed E-state index contributed by atoms with van der Waals surface area (Å²) in [4.78, 5) is 31.2. The highest BCUT2D eigenvalue weighted by atomic mass is 16.5. The highest BCUT2D eigenvalue weighted by Crippen LogP contribution is 2.32. The van der Waals surface area contributed by atoms with E-state index in [1.165, 1.54) is 0 Å². The number of hydrogen-bond acceptors (Lipinski definition) is 7. The maximum atomic E-state index is 13.5. The number of nitrogens with one attached hydrogen (secondary N) is 1. The molecule has 2 aromatic carbocycles. The number of esters is 1. The maximum absolute atomic E-state index is 13.5. The molecule has 5 rings (SSSR count). The van der Waals surface area contributed by atoms with Gasteiger partial charge in [0.05, 0.1) is 24.6 Å². The van der Waals surface area contributed by atoms with Crippen molar-refractivity contribution in [2.24, 2.45) is 5.92 Å². The molecule has 0 bridgehead atoms. The van der Waals surface area contributed by atoms with Crippen LogP contribution in [0.1, 0.15) is 53.9 Å². The summed E-state index contributed by atoms with van der Waals surface area (Å²) in [6.45, 7) is 7.99. The van der Waals surface area contributed by atoms with Crippen LogP contribution in [0.25, 0.3) is 10.9 Å². The molecule has 2 aromatic heterocycles. The van der Waals surface area contributed by atoms with Crippen molar-refractivity contribution in [2.45, 2.75) is 46.2 Å². The highest BCUT2D eigenvalue weighted by Gasteiger charge is 2.35. The summed E-state index contributed by atoms with van der Waals surface area (Å²) in [5, 5.41) is 13.7. The van der Waals surface area contributed by atoms with Gasteiger partial charge < -0.3 is 9.72 Å². The van der Waals surface area contributed by atoms with E-state index in [2.05, 4.69) is 44.5 Å². The van der Waals surface area contributed by atoms with Crippen LogP contribution in [0.5, 0.6) is 0 Å². The quantitative estimate of drug-likeness (QED) is 0.387. The molecular formula is C28H32N6O3. The molecule has 1 aliphatic heterocycles. The number of aromatic nitrogens is 5. The van der Waals surface area contributed by atoms with Gasteiger partial charge in [0.1, 0.15) is 6.04 Å². The standard InChI is InChI=1S/C28H32N6O3/c1-4-37-28(36)21-10-12-33(13-11-21)25(26-30-31-32-34(26)17-20-8-6-5-7-9-20)23-16-22-15-18(2)14-19(3)24(22)29-27(23)35/h5-9,14-16,21,25H,4,10-13,17H2,1-3H3,(H,29,35)/t25-/m1/s1. The van der Waals surface area contributed by atoms with Crippen LogP contribution in [-0.2, 0) is 16.1 Å². The Morgan fingerprint density at radius 1 is 1.14 bits per heavy atom. The third-order valence-electron chi connectivity index (χ3n) is 7.11. The van der Waals surface area contributed by atoms with Crippen LogP contribution in [-0.4, -0.2) is 55.8 Å². The normalized spacial score (nSPS) is 15.6. The number of aryl methyl sites for hydroxylation is 2. The zero-order valence-corrected chi connectivity index (χ0v) is 21.5. The summed E-state index contributed by atoms with van der Waals surface area (Å²) < 4.78 is 7.03. The number of tetrazole rings is 1. The van der Waals surface area contributed by atoms with Gasteiger partial charge in [-0.3, -0.25) is 14.5 Å². The molecular weight excluding hydrogens is 468 g/mol. The number of ether oxygens (including phenoxy) is 1. The summed E-state index contributed by atoms with van der Waals surface area (Å²) >= 11 is 0. The summed E-state index contributed by atoms with van der Waals surface area (Å²) in [7, 11) is 0. The lowest BCUT2D eigenvalue weighted by molar-refractivity contribution is -0.149. The Morgan fingerprint density at radius 3 is 2.62 bits per heavy atom. The van der Waals surface area contributed by atoms with Gasteiger partial charge in [-0.1, -0.05) is 42.0 Å². The van der Waals surface area contributed by atoms with Gasteiger partial charge in [-0.25, -0.2) is 4.68 Å². The molecule has 1 aliphatic rings. The first-order valence-electron chi connectivity index (χ1n) is 12.8. The van der Waals surface area contributed by atoms with Crippen molar-refractivity contribution in [3.8, 4) is 0 Å². The van der Waals surface area contributed by atoms with Gasteiger partial charge in [-0.05, 0) is 72.7 Å². The van der Waals surface area contributed by atoms with Crippen LogP contribution in [0.3, 0.4) is 0 Å². The molecule has 0 saturated carbocycles. The predicted molar refractivity (Wildman–Crippen MR) is 140 cm³/mol. The van der Waals surface area contributed by atoms with Crippen molar-refractivity contribution in [3.63, 3.8) is 0 Å². The van der Waals surface area contributed by atoms with Crippen LogP contribution in [0, 0.1) is 19.8 Å². The lowest BCUT2D eigenvalue weighted by atomic mass is 9.93. The largest absolute Gasteiger partial charge is 0.466 e. The predicted octanol–water partition coefficient (Wildman–Crippen LogP) is 3.54. The van der Waals surface area contributed by atoms with Gasteiger partial charge in [0.25, 0.3) is 5.56 Å². The molecule has 0 aliphatic carbocycles. The number of fused-ring (bicyclic) bond motifs is 1. The fourth-order valence-corrected chi connectivity index (χ4v) is 5.34. The van der Waals surface area contributed by atoms with Gasteiger partial charge in [-0.2, -0.15) is 0 Å². The SMILES string of the molecule is CCOC(=O)C1CCN([C@H](c2cc3cc(C)cc(C)c3[nH]c2=O)c2nnnn2Cc2ccccc2)CC1.